The molecule has 0 unspecified atom stereocenters. The standard InChI is InChI=1S/C29H30N2O3/c1-4-21(2)26-12-8-9-13-28(26)34-19-18-33-25-16-14-23(15-17-25)20-27-22(3)30-31(29(27)32)24-10-6-5-7-11-24/h5-17,20-21H,4,18-19H2,1-3H3/b27-20+/t21-/m1/s1. The van der Waals surface area contributed by atoms with Crippen LogP contribution in [0.15, 0.2) is 89.5 Å². The quantitative estimate of drug-likeness (QED) is 0.275. The number of nitrogens with zero attached hydrogens (tertiary/aromatic N) is 2. The van der Waals surface area contributed by atoms with Gasteiger partial charge in [-0.2, -0.15) is 10.1 Å². The Morgan fingerprint density at radius 2 is 1.59 bits per heavy atom. The first kappa shape index (κ1) is 23.3. The van der Waals surface area contributed by atoms with Crippen molar-refractivity contribution in [1.82, 2.24) is 0 Å². The summed E-state index contributed by atoms with van der Waals surface area (Å²) >= 11 is 0. The second kappa shape index (κ2) is 10.8. The van der Waals surface area contributed by atoms with Gasteiger partial charge in [-0.1, -0.05) is 62.4 Å². The SMILES string of the molecule is CC[C@@H](C)c1ccccc1OCCOc1ccc(/C=C2/C(=O)N(c3ccccc3)N=C2C)cc1. The van der Waals surface area contributed by atoms with Gasteiger partial charge in [0.1, 0.15) is 24.7 Å². The maximum absolute atomic E-state index is 12.9. The molecule has 0 aromatic heterocycles. The maximum atomic E-state index is 12.9. The van der Waals surface area contributed by atoms with Gasteiger partial charge in [-0.3, -0.25) is 4.79 Å². The molecule has 0 saturated carbocycles. The molecule has 0 radical (unpaired) electrons. The Bertz CT molecular complexity index is 1180. The monoisotopic (exact) mass is 454 g/mol. The van der Waals surface area contributed by atoms with Gasteiger partial charge < -0.3 is 9.47 Å². The molecule has 3 aromatic rings. The topological polar surface area (TPSA) is 51.1 Å². The smallest absolute Gasteiger partial charge is 0.280 e. The summed E-state index contributed by atoms with van der Waals surface area (Å²) in [4.78, 5) is 12.9. The third-order valence-electron chi connectivity index (χ3n) is 5.93. The average molecular weight is 455 g/mol. The molecule has 174 valence electrons. The number of benzene rings is 3. The lowest BCUT2D eigenvalue weighted by Crippen LogP contribution is -2.21. The Kier molecular flexibility index (Phi) is 7.43. The van der Waals surface area contributed by atoms with Gasteiger partial charge >= 0.3 is 0 Å². The first-order valence-electron chi connectivity index (χ1n) is 11.7. The highest BCUT2D eigenvalue weighted by atomic mass is 16.5. The van der Waals surface area contributed by atoms with Gasteiger partial charge in [-0.15, -0.1) is 0 Å². The van der Waals surface area contributed by atoms with Gasteiger partial charge in [-0.05, 0) is 66.8 Å². The Labute approximate surface area is 201 Å². The molecule has 0 fully saturated rings. The first-order chi connectivity index (χ1) is 16.6. The third kappa shape index (κ3) is 5.37. The van der Waals surface area contributed by atoms with E-state index in [2.05, 4.69) is 25.0 Å². The van der Waals surface area contributed by atoms with E-state index in [1.54, 1.807) is 0 Å². The van der Waals surface area contributed by atoms with Crippen LogP contribution in [0.25, 0.3) is 6.08 Å². The van der Waals surface area contributed by atoms with E-state index in [0.717, 1.165) is 29.2 Å². The first-order valence-corrected chi connectivity index (χ1v) is 11.7. The van der Waals surface area contributed by atoms with Gasteiger partial charge in [0.2, 0.25) is 0 Å². The predicted molar refractivity (Wildman–Crippen MR) is 138 cm³/mol. The fourth-order valence-corrected chi connectivity index (χ4v) is 3.81. The van der Waals surface area contributed by atoms with E-state index in [0.29, 0.717) is 30.4 Å². The number of ether oxygens (including phenoxy) is 2. The van der Waals surface area contributed by atoms with E-state index in [9.17, 15) is 4.79 Å². The van der Waals surface area contributed by atoms with Gasteiger partial charge in [0, 0.05) is 0 Å². The lowest BCUT2D eigenvalue weighted by molar-refractivity contribution is -0.114. The van der Waals surface area contributed by atoms with E-state index in [1.165, 1.54) is 10.6 Å². The number of para-hydroxylation sites is 2. The van der Waals surface area contributed by atoms with Crippen LogP contribution in [-0.2, 0) is 4.79 Å². The summed E-state index contributed by atoms with van der Waals surface area (Å²) in [6.07, 6.45) is 2.93. The minimum Gasteiger partial charge on any atom is -0.490 e. The fourth-order valence-electron chi connectivity index (χ4n) is 3.81. The summed E-state index contributed by atoms with van der Waals surface area (Å²) in [5.74, 6) is 2.01. The van der Waals surface area contributed by atoms with Crippen LogP contribution in [0.3, 0.4) is 0 Å². The highest BCUT2D eigenvalue weighted by Gasteiger charge is 2.28. The lowest BCUT2D eigenvalue weighted by Gasteiger charge is -2.16. The molecule has 0 bridgehead atoms. The summed E-state index contributed by atoms with van der Waals surface area (Å²) < 4.78 is 11.8. The molecule has 1 atom stereocenters. The lowest BCUT2D eigenvalue weighted by atomic mass is 9.98. The number of hydrogen-bond acceptors (Lipinski definition) is 4. The van der Waals surface area contributed by atoms with Crippen molar-refractivity contribution in [3.8, 4) is 11.5 Å². The van der Waals surface area contributed by atoms with Gasteiger partial charge in [-0.25, -0.2) is 0 Å². The van der Waals surface area contributed by atoms with Crippen molar-refractivity contribution in [2.75, 3.05) is 18.2 Å². The number of amides is 1. The van der Waals surface area contributed by atoms with Crippen LogP contribution in [0.5, 0.6) is 11.5 Å². The van der Waals surface area contributed by atoms with Crippen molar-refractivity contribution in [2.24, 2.45) is 5.10 Å². The van der Waals surface area contributed by atoms with Gasteiger partial charge in [0.25, 0.3) is 5.91 Å². The molecule has 4 rings (SSSR count). The molecular weight excluding hydrogens is 424 g/mol. The molecule has 3 aromatic carbocycles. The predicted octanol–water partition coefficient (Wildman–Crippen LogP) is 6.46. The van der Waals surface area contributed by atoms with Crippen LogP contribution in [0.2, 0.25) is 0 Å². The van der Waals surface area contributed by atoms with Gasteiger partial charge in [0.05, 0.1) is 17.0 Å². The van der Waals surface area contributed by atoms with Crippen LogP contribution in [-0.4, -0.2) is 24.8 Å². The van der Waals surface area contributed by atoms with Crippen molar-refractivity contribution in [3.05, 3.63) is 95.6 Å². The van der Waals surface area contributed by atoms with Gasteiger partial charge in [0.15, 0.2) is 0 Å². The largest absolute Gasteiger partial charge is 0.490 e. The highest BCUT2D eigenvalue weighted by Crippen LogP contribution is 2.28. The fraction of sp³-hybridized carbons (Fsp3) is 0.241. The molecule has 0 spiro atoms. The van der Waals surface area contributed by atoms with E-state index in [-0.39, 0.29) is 5.91 Å². The van der Waals surface area contributed by atoms with Crippen molar-refractivity contribution in [3.63, 3.8) is 0 Å². The molecule has 34 heavy (non-hydrogen) atoms. The number of rotatable bonds is 9. The van der Waals surface area contributed by atoms with Crippen LogP contribution >= 0.6 is 0 Å². The van der Waals surface area contributed by atoms with Crippen LogP contribution in [0.1, 0.15) is 44.2 Å². The van der Waals surface area contributed by atoms with Crippen LogP contribution in [0, 0.1) is 0 Å². The number of carbonyl (C=O) groups is 1. The molecule has 0 saturated heterocycles. The minimum absolute atomic E-state index is 0.126. The molecule has 1 aliphatic rings. The zero-order valence-electron chi connectivity index (χ0n) is 19.9. The summed E-state index contributed by atoms with van der Waals surface area (Å²) in [6.45, 7) is 7.16. The molecule has 1 amide bonds. The Balaban J connectivity index is 1.33. The minimum atomic E-state index is -0.126. The van der Waals surface area contributed by atoms with Crippen molar-refractivity contribution < 1.29 is 14.3 Å². The van der Waals surface area contributed by atoms with E-state index >= 15 is 0 Å². The Hall–Kier alpha value is -3.86. The third-order valence-corrected chi connectivity index (χ3v) is 5.93. The summed E-state index contributed by atoms with van der Waals surface area (Å²) in [5.41, 5.74) is 4.19. The number of hydrazone groups is 1. The van der Waals surface area contributed by atoms with Crippen molar-refractivity contribution in [2.45, 2.75) is 33.1 Å². The van der Waals surface area contributed by atoms with E-state index in [4.69, 9.17) is 9.47 Å². The molecule has 5 heteroatoms. The van der Waals surface area contributed by atoms with Crippen molar-refractivity contribution in [1.29, 1.82) is 0 Å². The normalized spacial score (nSPS) is 15.4. The van der Waals surface area contributed by atoms with Crippen molar-refractivity contribution >= 4 is 23.4 Å². The zero-order chi connectivity index (χ0) is 23.9. The molecule has 1 heterocycles. The maximum Gasteiger partial charge on any atom is 0.280 e. The Morgan fingerprint density at radius 3 is 2.32 bits per heavy atom. The summed E-state index contributed by atoms with van der Waals surface area (Å²) in [6, 6.07) is 25.3. The van der Waals surface area contributed by atoms with E-state index in [1.807, 2.05) is 85.8 Å². The second-order valence-corrected chi connectivity index (χ2v) is 8.31. The second-order valence-electron chi connectivity index (χ2n) is 8.31. The average Bonchev–Trinajstić information content (AvgIpc) is 3.16. The van der Waals surface area contributed by atoms with Crippen LogP contribution in [0.4, 0.5) is 5.69 Å². The summed E-state index contributed by atoms with van der Waals surface area (Å²) in [7, 11) is 0. The van der Waals surface area contributed by atoms with Crippen LogP contribution < -0.4 is 14.5 Å². The zero-order valence-corrected chi connectivity index (χ0v) is 19.9. The molecule has 0 aliphatic carbocycles. The molecule has 0 N–H and O–H groups in total. The molecular formula is C29H30N2O3. The number of carbonyl (C=O) groups excluding carboxylic acids is 1. The summed E-state index contributed by atoms with van der Waals surface area (Å²) in [5, 5.41) is 5.87. The highest BCUT2D eigenvalue weighted by molar-refractivity contribution is 6.32. The Morgan fingerprint density at radius 1 is 0.912 bits per heavy atom. The van der Waals surface area contributed by atoms with E-state index < -0.39 is 0 Å². The number of anilines is 1. The molecule has 5 nitrogen and oxygen atoms in total. The molecule has 1 aliphatic heterocycles. The number of hydrogen-bond donors (Lipinski definition) is 0.